The molecule has 0 radical (unpaired) electrons. The number of ether oxygens (including phenoxy) is 1. The quantitative estimate of drug-likeness (QED) is 0.794. The molecule has 6 nitrogen and oxygen atoms in total. The van der Waals surface area contributed by atoms with E-state index in [2.05, 4.69) is 4.72 Å². The second-order valence-corrected chi connectivity index (χ2v) is 6.31. The Kier molecular flexibility index (Phi) is 5.97. The molecule has 1 amide bonds. The highest BCUT2D eigenvalue weighted by atomic mass is 32.2. The third-order valence-corrected chi connectivity index (χ3v) is 3.36. The number of sulfonamides is 1. The van der Waals surface area contributed by atoms with Gasteiger partial charge in [0.2, 0.25) is 15.9 Å². The summed E-state index contributed by atoms with van der Waals surface area (Å²) in [7, 11) is -1.79. The lowest BCUT2D eigenvalue weighted by molar-refractivity contribution is -0.131. The summed E-state index contributed by atoms with van der Waals surface area (Å²) in [5.41, 5.74) is 0. The molecular weight excluding hydrogens is 280 g/mol. The maximum Gasteiger partial charge on any atom is 0.240 e. The Bertz CT molecular complexity index is 531. The first-order chi connectivity index (χ1) is 9.29. The minimum Gasteiger partial charge on any atom is -0.492 e. The maximum absolute atomic E-state index is 11.9. The Balaban J connectivity index is 2.38. The van der Waals surface area contributed by atoms with E-state index in [-0.39, 0.29) is 5.91 Å². The van der Waals surface area contributed by atoms with Crippen molar-refractivity contribution in [1.82, 2.24) is 9.62 Å². The van der Waals surface area contributed by atoms with Gasteiger partial charge in [-0.1, -0.05) is 18.2 Å². The molecule has 1 rings (SSSR count). The third-order valence-electron chi connectivity index (χ3n) is 2.58. The molecule has 0 heterocycles. The molecule has 1 atom stereocenters. The van der Waals surface area contributed by atoms with E-state index in [4.69, 9.17) is 4.74 Å². The van der Waals surface area contributed by atoms with Gasteiger partial charge in [0.15, 0.2) is 0 Å². The Morgan fingerprint density at radius 2 is 1.95 bits per heavy atom. The van der Waals surface area contributed by atoms with Crippen LogP contribution in [0, 0.1) is 0 Å². The average Bonchev–Trinajstić information content (AvgIpc) is 2.37. The molecule has 20 heavy (non-hydrogen) atoms. The highest BCUT2D eigenvalue weighted by molar-refractivity contribution is 7.88. The number of nitrogens with one attached hydrogen (secondary N) is 1. The standard InChI is InChI=1S/C13H20N2O4S/c1-11(14-20(3,17)18)13(16)15(2)9-10-19-12-7-5-4-6-8-12/h4-8,11,14H,9-10H2,1-3H3/t11-/m0/s1. The van der Waals surface area contributed by atoms with Crippen LogP contribution in [0.3, 0.4) is 0 Å². The molecule has 0 saturated heterocycles. The first-order valence-corrected chi connectivity index (χ1v) is 8.09. The van der Waals surface area contributed by atoms with Gasteiger partial charge in [0, 0.05) is 7.05 Å². The summed E-state index contributed by atoms with van der Waals surface area (Å²) >= 11 is 0. The van der Waals surface area contributed by atoms with E-state index in [0.29, 0.717) is 13.2 Å². The fourth-order valence-corrected chi connectivity index (χ4v) is 2.37. The Morgan fingerprint density at radius 3 is 2.50 bits per heavy atom. The van der Waals surface area contributed by atoms with E-state index in [1.807, 2.05) is 30.3 Å². The number of hydrogen-bond acceptors (Lipinski definition) is 4. The summed E-state index contributed by atoms with van der Waals surface area (Å²) in [4.78, 5) is 13.3. The lowest BCUT2D eigenvalue weighted by Crippen LogP contribution is -2.46. The SMILES string of the molecule is C[C@H](NS(C)(=O)=O)C(=O)N(C)CCOc1ccccc1. The van der Waals surface area contributed by atoms with Crippen molar-refractivity contribution < 1.29 is 17.9 Å². The predicted molar refractivity (Wildman–Crippen MR) is 77.0 cm³/mol. The number of nitrogens with zero attached hydrogens (tertiary/aromatic N) is 1. The lowest BCUT2D eigenvalue weighted by Gasteiger charge is -2.21. The summed E-state index contributed by atoms with van der Waals surface area (Å²) in [5, 5.41) is 0. The molecule has 1 aromatic rings. The van der Waals surface area contributed by atoms with Crippen LogP contribution in [-0.2, 0) is 14.8 Å². The molecule has 112 valence electrons. The van der Waals surface area contributed by atoms with Crippen molar-refractivity contribution in [3.8, 4) is 5.75 Å². The number of hydrogen-bond donors (Lipinski definition) is 1. The van der Waals surface area contributed by atoms with Gasteiger partial charge in [-0.3, -0.25) is 4.79 Å². The normalized spacial score (nSPS) is 12.8. The Labute approximate surface area is 119 Å². The van der Waals surface area contributed by atoms with Crippen molar-refractivity contribution in [3.05, 3.63) is 30.3 Å². The maximum atomic E-state index is 11.9. The Hall–Kier alpha value is -1.60. The highest BCUT2D eigenvalue weighted by Crippen LogP contribution is 2.07. The average molecular weight is 300 g/mol. The van der Waals surface area contributed by atoms with Gasteiger partial charge in [0.25, 0.3) is 0 Å². The zero-order valence-electron chi connectivity index (χ0n) is 11.9. The lowest BCUT2D eigenvalue weighted by atomic mass is 10.3. The first kappa shape index (κ1) is 16.5. The summed E-state index contributed by atoms with van der Waals surface area (Å²) in [6.07, 6.45) is 1.02. The monoisotopic (exact) mass is 300 g/mol. The van der Waals surface area contributed by atoms with Gasteiger partial charge in [-0.15, -0.1) is 0 Å². The molecule has 0 bridgehead atoms. The van der Waals surface area contributed by atoms with E-state index in [9.17, 15) is 13.2 Å². The van der Waals surface area contributed by atoms with Crippen LogP contribution in [0.4, 0.5) is 0 Å². The molecule has 0 spiro atoms. The molecule has 0 aliphatic carbocycles. The topological polar surface area (TPSA) is 75.7 Å². The second-order valence-electron chi connectivity index (χ2n) is 4.53. The highest BCUT2D eigenvalue weighted by Gasteiger charge is 2.20. The van der Waals surface area contributed by atoms with Crippen LogP contribution in [-0.4, -0.2) is 51.7 Å². The van der Waals surface area contributed by atoms with Gasteiger partial charge in [0.1, 0.15) is 12.4 Å². The van der Waals surface area contributed by atoms with Crippen molar-refractivity contribution in [2.45, 2.75) is 13.0 Å². The second kappa shape index (κ2) is 7.25. The minimum absolute atomic E-state index is 0.299. The molecule has 7 heteroatoms. The number of likely N-dealkylation sites (N-methyl/N-ethyl adjacent to an activating group) is 1. The van der Waals surface area contributed by atoms with Crippen LogP contribution in [0.2, 0.25) is 0 Å². The van der Waals surface area contributed by atoms with E-state index in [0.717, 1.165) is 12.0 Å². The summed E-state index contributed by atoms with van der Waals surface area (Å²) < 4.78 is 29.8. The molecule has 0 unspecified atom stereocenters. The van der Waals surface area contributed by atoms with Crippen molar-refractivity contribution >= 4 is 15.9 Å². The molecule has 1 aromatic carbocycles. The number of carbonyl (C=O) groups is 1. The van der Waals surface area contributed by atoms with Crippen molar-refractivity contribution in [1.29, 1.82) is 0 Å². The Morgan fingerprint density at radius 1 is 1.35 bits per heavy atom. The van der Waals surface area contributed by atoms with E-state index >= 15 is 0 Å². The van der Waals surface area contributed by atoms with Gasteiger partial charge in [0.05, 0.1) is 18.8 Å². The van der Waals surface area contributed by atoms with E-state index < -0.39 is 16.1 Å². The smallest absolute Gasteiger partial charge is 0.240 e. The van der Waals surface area contributed by atoms with Gasteiger partial charge in [-0.25, -0.2) is 13.1 Å². The predicted octanol–water partition coefficient (Wildman–Crippen LogP) is 0.462. The van der Waals surface area contributed by atoms with Crippen molar-refractivity contribution in [2.24, 2.45) is 0 Å². The van der Waals surface area contributed by atoms with Crippen LogP contribution in [0.5, 0.6) is 5.75 Å². The van der Waals surface area contributed by atoms with Crippen molar-refractivity contribution in [3.63, 3.8) is 0 Å². The largest absolute Gasteiger partial charge is 0.492 e. The van der Waals surface area contributed by atoms with Crippen LogP contribution < -0.4 is 9.46 Å². The van der Waals surface area contributed by atoms with Gasteiger partial charge in [-0.05, 0) is 19.1 Å². The number of para-hydroxylation sites is 1. The zero-order chi connectivity index (χ0) is 15.2. The summed E-state index contributed by atoms with van der Waals surface area (Å²) in [6.45, 7) is 2.24. The fraction of sp³-hybridized carbons (Fsp3) is 0.462. The minimum atomic E-state index is -3.39. The van der Waals surface area contributed by atoms with Crippen LogP contribution >= 0.6 is 0 Å². The number of carbonyl (C=O) groups excluding carboxylic acids is 1. The molecule has 0 fully saturated rings. The summed E-state index contributed by atoms with van der Waals surface area (Å²) in [5.74, 6) is 0.433. The van der Waals surface area contributed by atoms with E-state index in [1.165, 1.54) is 11.8 Å². The zero-order valence-corrected chi connectivity index (χ0v) is 12.7. The molecule has 1 N–H and O–H groups in total. The number of benzene rings is 1. The number of amides is 1. The third kappa shape index (κ3) is 6.03. The molecular formula is C13H20N2O4S. The first-order valence-electron chi connectivity index (χ1n) is 6.20. The molecule has 0 aliphatic heterocycles. The molecule has 0 aromatic heterocycles. The van der Waals surface area contributed by atoms with Gasteiger partial charge >= 0.3 is 0 Å². The van der Waals surface area contributed by atoms with Gasteiger partial charge in [-0.2, -0.15) is 0 Å². The molecule has 0 saturated carbocycles. The molecule has 0 aliphatic rings. The van der Waals surface area contributed by atoms with Crippen LogP contribution in [0.25, 0.3) is 0 Å². The van der Waals surface area contributed by atoms with Gasteiger partial charge < -0.3 is 9.64 Å². The number of rotatable bonds is 7. The van der Waals surface area contributed by atoms with Crippen LogP contribution in [0.15, 0.2) is 30.3 Å². The summed E-state index contributed by atoms with van der Waals surface area (Å²) in [6, 6.07) is 8.49. The van der Waals surface area contributed by atoms with Crippen LogP contribution in [0.1, 0.15) is 6.92 Å². The van der Waals surface area contributed by atoms with Crippen molar-refractivity contribution in [2.75, 3.05) is 26.5 Å². The van der Waals surface area contributed by atoms with E-state index in [1.54, 1.807) is 7.05 Å². The fourth-order valence-electron chi connectivity index (χ4n) is 1.63.